The Labute approximate surface area is 90.9 Å². The summed E-state index contributed by atoms with van der Waals surface area (Å²) in [6.45, 7) is 0.581. The van der Waals surface area contributed by atoms with Crippen LogP contribution in [0.3, 0.4) is 0 Å². The number of rotatable bonds is 4. The summed E-state index contributed by atoms with van der Waals surface area (Å²) in [5.41, 5.74) is 6.55. The third-order valence-electron chi connectivity index (χ3n) is 1.92. The molecule has 6 heteroatoms. The highest BCUT2D eigenvalue weighted by atomic mass is 32.1. The van der Waals surface area contributed by atoms with Crippen molar-refractivity contribution in [1.29, 1.82) is 0 Å². The summed E-state index contributed by atoms with van der Waals surface area (Å²) in [6.07, 6.45) is 0.643. The number of nitrogens with zero attached hydrogens (tertiary/aromatic N) is 2. The van der Waals surface area contributed by atoms with E-state index in [4.69, 9.17) is 15.0 Å². The standard InChI is InChI=1S/C9H11N3O2S/c1-13-4-2-7-11-9(14-12-7)6-3-5-15-8(6)10/h3,5H,2,4,10H2,1H3. The molecule has 0 spiro atoms. The second-order valence-electron chi connectivity index (χ2n) is 2.96. The summed E-state index contributed by atoms with van der Waals surface area (Å²) in [7, 11) is 1.64. The second kappa shape index (κ2) is 4.41. The first-order valence-corrected chi connectivity index (χ1v) is 5.34. The highest BCUT2D eigenvalue weighted by Crippen LogP contribution is 2.28. The first kappa shape index (κ1) is 10.1. The van der Waals surface area contributed by atoms with Gasteiger partial charge < -0.3 is 15.0 Å². The molecule has 0 bridgehead atoms. The minimum Gasteiger partial charge on any atom is -0.390 e. The molecular formula is C9H11N3O2S. The number of thiophene rings is 1. The highest BCUT2D eigenvalue weighted by molar-refractivity contribution is 7.14. The maximum atomic E-state index is 5.75. The van der Waals surface area contributed by atoms with Gasteiger partial charge in [0.25, 0.3) is 5.89 Å². The normalized spacial score (nSPS) is 10.7. The van der Waals surface area contributed by atoms with Gasteiger partial charge in [-0.05, 0) is 11.4 Å². The van der Waals surface area contributed by atoms with Crippen molar-refractivity contribution in [2.75, 3.05) is 19.5 Å². The molecule has 80 valence electrons. The van der Waals surface area contributed by atoms with Gasteiger partial charge in [-0.2, -0.15) is 4.98 Å². The average Bonchev–Trinajstić information content (AvgIpc) is 2.83. The molecule has 2 rings (SSSR count). The molecule has 0 aliphatic rings. The van der Waals surface area contributed by atoms with Gasteiger partial charge in [0, 0.05) is 13.5 Å². The van der Waals surface area contributed by atoms with Crippen molar-refractivity contribution in [2.45, 2.75) is 6.42 Å². The van der Waals surface area contributed by atoms with Gasteiger partial charge >= 0.3 is 0 Å². The number of nitrogen functional groups attached to an aromatic ring is 1. The van der Waals surface area contributed by atoms with Crippen LogP contribution in [0.5, 0.6) is 0 Å². The first-order valence-electron chi connectivity index (χ1n) is 4.46. The van der Waals surface area contributed by atoms with E-state index in [0.29, 0.717) is 29.7 Å². The highest BCUT2D eigenvalue weighted by Gasteiger charge is 2.11. The summed E-state index contributed by atoms with van der Waals surface area (Å²) in [4.78, 5) is 4.22. The lowest BCUT2D eigenvalue weighted by Gasteiger charge is -1.91. The minimum atomic E-state index is 0.472. The molecule has 0 aliphatic carbocycles. The van der Waals surface area contributed by atoms with Crippen LogP contribution >= 0.6 is 11.3 Å². The van der Waals surface area contributed by atoms with Crippen molar-refractivity contribution < 1.29 is 9.26 Å². The topological polar surface area (TPSA) is 74.2 Å². The van der Waals surface area contributed by atoms with Crippen LogP contribution in [0.15, 0.2) is 16.0 Å². The van der Waals surface area contributed by atoms with Crippen molar-refractivity contribution in [3.63, 3.8) is 0 Å². The van der Waals surface area contributed by atoms with Gasteiger partial charge in [0.05, 0.1) is 17.2 Å². The van der Waals surface area contributed by atoms with Gasteiger partial charge in [0.15, 0.2) is 5.82 Å². The lowest BCUT2D eigenvalue weighted by Crippen LogP contribution is -1.96. The van der Waals surface area contributed by atoms with E-state index < -0.39 is 0 Å². The zero-order chi connectivity index (χ0) is 10.7. The molecule has 2 aromatic rings. The monoisotopic (exact) mass is 225 g/mol. The molecule has 0 amide bonds. The largest absolute Gasteiger partial charge is 0.390 e. The number of ether oxygens (including phenoxy) is 1. The van der Waals surface area contributed by atoms with Gasteiger partial charge in [-0.3, -0.25) is 0 Å². The van der Waals surface area contributed by atoms with Crippen molar-refractivity contribution >= 4 is 16.3 Å². The zero-order valence-electron chi connectivity index (χ0n) is 8.27. The van der Waals surface area contributed by atoms with Crippen LogP contribution in [0.25, 0.3) is 11.5 Å². The molecule has 0 aromatic carbocycles. The summed E-state index contributed by atoms with van der Waals surface area (Å²) in [6, 6.07) is 1.87. The van der Waals surface area contributed by atoms with Crippen LogP contribution < -0.4 is 5.73 Å². The van der Waals surface area contributed by atoms with Crippen LogP contribution in [0.4, 0.5) is 5.00 Å². The second-order valence-corrected chi connectivity index (χ2v) is 3.90. The number of aromatic nitrogens is 2. The third-order valence-corrected chi connectivity index (χ3v) is 2.67. The minimum absolute atomic E-state index is 0.472. The Morgan fingerprint density at radius 3 is 3.13 bits per heavy atom. The van der Waals surface area contributed by atoms with E-state index in [-0.39, 0.29) is 0 Å². The van der Waals surface area contributed by atoms with E-state index in [1.165, 1.54) is 11.3 Å². The molecule has 2 heterocycles. The van der Waals surface area contributed by atoms with Gasteiger partial charge in [-0.1, -0.05) is 5.16 Å². The average molecular weight is 225 g/mol. The molecule has 0 saturated carbocycles. The van der Waals surface area contributed by atoms with E-state index in [1.54, 1.807) is 7.11 Å². The number of hydrogen-bond donors (Lipinski definition) is 1. The Bertz CT molecular complexity index is 438. The van der Waals surface area contributed by atoms with Crippen LogP contribution in [-0.4, -0.2) is 23.9 Å². The van der Waals surface area contributed by atoms with Gasteiger partial charge in [0.2, 0.25) is 0 Å². The van der Waals surface area contributed by atoms with Gasteiger partial charge in [0.1, 0.15) is 0 Å². The Hall–Kier alpha value is -1.40. The van der Waals surface area contributed by atoms with E-state index in [9.17, 15) is 0 Å². The fourth-order valence-electron chi connectivity index (χ4n) is 1.16. The van der Waals surface area contributed by atoms with Crippen LogP contribution in [0.2, 0.25) is 0 Å². The quantitative estimate of drug-likeness (QED) is 0.854. The van der Waals surface area contributed by atoms with Crippen LogP contribution in [0.1, 0.15) is 5.82 Å². The molecule has 5 nitrogen and oxygen atoms in total. The first-order chi connectivity index (χ1) is 7.31. The summed E-state index contributed by atoms with van der Waals surface area (Å²) in [5, 5.41) is 6.42. The molecular weight excluding hydrogens is 214 g/mol. The Morgan fingerprint density at radius 2 is 2.47 bits per heavy atom. The summed E-state index contributed by atoms with van der Waals surface area (Å²) >= 11 is 1.45. The Kier molecular flexibility index (Phi) is 2.98. The van der Waals surface area contributed by atoms with Crippen LogP contribution in [-0.2, 0) is 11.2 Å². The molecule has 0 fully saturated rings. The van der Waals surface area contributed by atoms with E-state index in [1.807, 2.05) is 11.4 Å². The van der Waals surface area contributed by atoms with Crippen molar-refractivity contribution in [2.24, 2.45) is 0 Å². The molecule has 15 heavy (non-hydrogen) atoms. The molecule has 2 aromatic heterocycles. The number of anilines is 1. The Balaban J connectivity index is 2.17. The SMILES string of the molecule is COCCc1noc(-c2ccsc2N)n1. The zero-order valence-corrected chi connectivity index (χ0v) is 9.08. The van der Waals surface area contributed by atoms with E-state index in [2.05, 4.69) is 10.1 Å². The smallest absolute Gasteiger partial charge is 0.260 e. The molecule has 0 radical (unpaired) electrons. The molecule has 0 unspecified atom stereocenters. The van der Waals surface area contributed by atoms with E-state index >= 15 is 0 Å². The predicted octanol–water partition coefficient (Wildman–Crippen LogP) is 1.57. The maximum Gasteiger partial charge on any atom is 0.260 e. The van der Waals surface area contributed by atoms with Gasteiger partial charge in [-0.15, -0.1) is 11.3 Å². The number of methoxy groups -OCH3 is 1. The van der Waals surface area contributed by atoms with E-state index in [0.717, 1.165) is 5.56 Å². The van der Waals surface area contributed by atoms with Crippen molar-refractivity contribution in [3.8, 4) is 11.5 Å². The number of nitrogens with two attached hydrogens (primary N) is 1. The number of hydrogen-bond acceptors (Lipinski definition) is 6. The molecule has 0 saturated heterocycles. The fraction of sp³-hybridized carbons (Fsp3) is 0.333. The molecule has 2 N–H and O–H groups in total. The predicted molar refractivity (Wildman–Crippen MR) is 57.6 cm³/mol. The lowest BCUT2D eigenvalue weighted by atomic mass is 10.3. The van der Waals surface area contributed by atoms with Gasteiger partial charge in [-0.25, -0.2) is 0 Å². The molecule has 0 aliphatic heterocycles. The fourth-order valence-corrected chi connectivity index (χ4v) is 1.79. The third kappa shape index (κ3) is 2.16. The maximum absolute atomic E-state index is 5.75. The molecule has 0 atom stereocenters. The van der Waals surface area contributed by atoms with Crippen LogP contribution in [0, 0.1) is 0 Å². The summed E-state index contributed by atoms with van der Waals surface area (Å²) in [5.74, 6) is 1.11. The van der Waals surface area contributed by atoms with Crippen molar-refractivity contribution in [3.05, 3.63) is 17.3 Å². The Morgan fingerprint density at radius 1 is 1.60 bits per heavy atom. The summed E-state index contributed by atoms with van der Waals surface area (Å²) < 4.78 is 10.0. The van der Waals surface area contributed by atoms with Crippen molar-refractivity contribution in [1.82, 2.24) is 10.1 Å². The lowest BCUT2D eigenvalue weighted by molar-refractivity contribution is 0.199.